The number of hydrogen-bond acceptors (Lipinski definition) is 8. The Morgan fingerprint density at radius 2 is 1.44 bits per heavy atom. The molecule has 48 heavy (non-hydrogen) atoms. The van der Waals surface area contributed by atoms with E-state index in [4.69, 9.17) is 14.5 Å². The van der Waals surface area contributed by atoms with Crippen LogP contribution in [0.15, 0.2) is 71.9 Å². The van der Waals surface area contributed by atoms with Gasteiger partial charge in [0.25, 0.3) is 10.0 Å². The van der Waals surface area contributed by atoms with Crippen LogP contribution < -0.4 is 9.62 Å². The van der Waals surface area contributed by atoms with E-state index in [0.717, 1.165) is 16.9 Å². The lowest BCUT2D eigenvalue weighted by atomic mass is 9.72. The average Bonchev–Trinajstić information content (AvgIpc) is 2.93. The van der Waals surface area contributed by atoms with E-state index in [1.807, 2.05) is 12.1 Å². The zero-order valence-corrected chi connectivity index (χ0v) is 31.1. The maximum Gasteiger partial charge on any atom is 0.416 e. The summed E-state index contributed by atoms with van der Waals surface area (Å²) in [6.45, 7) is 21.0. The first-order valence-corrected chi connectivity index (χ1v) is 17.6. The molecule has 0 bridgehead atoms. The van der Waals surface area contributed by atoms with Crippen LogP contribution in [0.1, 0.15) is 105 Å². The molecule has 0 aliphatic carbocycles. The molecule has 1 aromatic carbocycles. The first-order chi connectivity index (χ1) is 21.9. The Kier molecular flexibility index (Phi) is 11.9. The second kappa shape index (κ2) is 14.7. The van der Waals surface area contributed by atoms with Crippen LogP contribution in [0.25, 0.3) is 0 Å². The quantitative estimate of drug-likeness (QED) is 0.206. The van der Waals surface area contributed by atoms with Crippen LogP contribution in [0.3, 0.4) is 0 Å². The van der Waals surface area contributed by atoms with E-state index < -0.39 is 45.9 Å². The molecule has 0 fully saturated rings. The largest absolute Gasteiger partial charge is 0.459 e. The van der Waals surface area contributed by atoms with Crippen molar-refractivity contribution in [2.24, 2.45) is 5.41 Å². The highest BCUT2D eigenvalue weighted by Gasteiger charge is 2.31. The van der Waals surface area contributed by atoms with Crippen molar-refractivity contribution in [3.05, 3.63) is 83.7 Å². The molecule has 2 aromatic heterocycles. The molecule has 10 nitrogen and oxygen atoms in total. The fraction of sp³-hybridized carbons (Fsp3) is 0.514. The number of carbonyl (C=O) groups is 2. The van der Waals surface area contributed by atoms with Gasteiger partial charge < -0.3 is 9.47 Å². The third kappa shape index (κ3) is 12.0. The first-order valence-electron chi connectivity index (χ1n) is 16.2. The summed E-state index contributed by atoms with van der Waals surface area (Å²) in [5, 5.41) is -0.134. The third-order valence-corrected chi connectivity index (χ3v) is 8.46. The second-order valence-corrected chi connectivity index (χ2v) is 17.6. The van der Waals surface area contributed by atoms with Crippen molar-refractivity contribution < 1.29 is 27.5 Å². The molecule has 1 atom stereocenters. The van der Waals surface area contributed by atoms with E-state index in [1.54, 1.807) is 71.9 Å². The van der Waals surface area contributed by atoms with Crippen molar-refractivity contribution in [2.75, 3.05) is 11.4 Å². The highest BCUT2D eigenvalue weighted by molar-refractivity contribution is 7.89. The molecule has 0 saturated carbocycles. The molecule has 1 N–H and O–H groups in total. The standard InChI is InChI=1S/C37H52N4O6S/c1-34(2,3)25-37(10,11)27-20-18-26(19-21-27)23-29(40-48(44,45)31-17-12-13-22-38-31)28-15-14-16-30(39-28)41(33(43)47-36(7,8)9)24-32(42)46-35(4,5)6/h12-22,29,40H,23-25H2,1-11H3. The number of sulfonamides is 1. The van der Waals surface area contributed by atoms with Crippen LogP contribution in [0.5, 0.6) is 0 Å². The van der Waals surface area contributed by atoms with Crippen LogP contribution in [0, 0.1) is 5.41 Å². The van der Waals surface area contributed by atoms with Crippen LogP contribution in [0.2, 0.25) is 0 Å². The number of nitrogens with zero attached hydrogens (tertiary/aromatic N) is 3. The van der Waals surface area contributed by atoms with Gasteiger partial charge in [0.1, 0.15) is 23.6 Å². The Balaban J connectivity index is 2.05. The predicted octanol–water partition coefficient (Wildman–Crippen LogP) is 7.54. The summed E-state index contributed by atoms with van der Waals surface area (Å²) in [5.74, 6) is -0.545. The molecule has 0 radical (unpaired) electrons. The topological polar surface area (TPSA) is 128 Å². The maximum atomic E-state index is 13.5. The van der Waals surface area contributed by atoms with E-state index in [-0.39, 0.29) is 28.1 Å². The molecular weight excluding hydrogens is 628 g/mol. The Hall–Kier alpha value is -3.83. The SMILES string of the molecule is CC(C)(C)CC(C)(C)c1ccc(CC(NS(=O)(=O)c2ccccn2)c2cccc(N(CC(=O)OC(C)(C)C)C(=O)OC(C)(C)C)n2)cc1. The molecule has 0 saturated heterocycles. The number of ether oxygens (including phenoxy) is 2. The van der Waals surface area contributed by atoms with Crippen molar-refractivity contribution in [3.63, 3.8) is 0 Å². The molecule has 2 heterocycles. The zero-order valence-electron chi connectivity index (χ0n) is 30.2. The molecule has 262 valence electrons. The van der Waals surface area contributed by atoms with Gasteiger partial charge in [-0.15, -0.1) is 0 Å². The average molecular weight is 681 g/mol. The summed E-state index contributed by atoms with van der Waals surface area (Å²) in [6, 6.07) is 16.9. The summed E-state index contributed by atoms with van der Waals surface area (Å²) in [5.41, 5.74) is 0.845. The van der Waals surface area contributed by atoms with Crippen molar-refractivity contribution in [1.82, 2.24) is 14.7 Å². The molecular formula is C37H52N4O6S. The Bertz CT molecular complexity index is 1650. The van der Waals surface area contributed by atoms with Gasteiger partial charge in [-0.1, -0.05) is 71.0 Å². The Morgan fingerprint density at radius 1 is 0.812 bits per heavy atom. The molecule has 1 amide bonds. The van der Waals surface area contributed by atoms with Gasteiger partial charge in [-0.2, -0.15) is 0 Å². The minimum absolute atomic E-state index is 0.0636. The van der Waals surface area contributed by atoms with Crippen molar-refractivity contribution in [2.45, 2.75) is 117 Å². The van der Waals surface area contributed by atoms with Gasteiger partial charge in [0.05, 0.1) is 11.7 Å². The summed E-state index contributed by atoms with van der Waals surface area (Å²) < 4.78 is 41.0. The van der Waals surface area contributed by atoms with Gasteiger partial charge in [-0.05, 0) is 101 Å². The van der Waals surface area contributed by atoms with Crippen LogP contribution >= 0.6 is 0 Å². The van der Waals surface area contributed by atoms with E-state index in [0.29, 0.717) is 5.69 Å². The predicted molar refractivity (Wildman–Crippen MR) is 188 cm³/mol. The molecule has 11 heteroatoms. The van der Waals surface area contributed by atoms with Crippen molar-refractivity contribution >= 4 is 27.9 Å². The summed E-state index contributed by atoms with van der Waals surface area (Å²) in [6.07, 6.45) is 1.86. The lowest BCUT2D eigenvalue weighted by Crippen LogP contribution is -2.42. The van der Waals surface area contributed by atoms with Gasteiger partial charge in [-0.25, -0.2) is 27.9 Å². The van der Waals surface area contributed by atoms with Crippen molar-refractivity contribution in [3.8, 4) is 0 Å². The monoisotopic (exact) mass is 680 g/mol. The summed E-state index contributed by atoms with van der Waals surface area (Å²) in [4.78, 5) is 36.1. The number of aromatic nitrogens is 2. The van der Waals surface area contributed by atoms with Gasteiger partial charge in [0, 0.05) is 6.20 Å². The maximum absolute atomic E-state index is 13.5. The molecule has 0 spiro atoms. The van der Waals surface area contributed by atoms with E-state index in [1.165, 1.54) is 17.8 Å². The van der Waals surface area contributed by atoms with Crippen LogP contribution in [0.4, 0.5) is 10.6 Å². The number of amides is 1. The lowest BCUT2D eigenvalue weighted by Gasteiger charge is -2.33. The number of anilines is 1. The van der Waals surface area contributed by atoms with Gasteiger partial charge in [0.2, 0.25) is 0 Å². The van der Waals surface area contributed by atoms with Crippen molar-refractivity contribution in [1.29, 1.82) is 0 Å². The minimum atomic E-state index is -4.07. The van der Waals surface area contributed by atoms with Crippen LogP contribution in [-0.2, 0) is 36.1 Å². The highest BCUT2D eigenvalue weighted by Crippen LogP contribution is 2.36. The summed E-state index contributed by atoms with van der Waals surface area (Å²) in [7, 11) is -4.07. The highest BCUT2D eigenvalue weighted by atomic mass is 32.2. The molecule has 3 rings (SSSR count). The number of benzene rings is 1. The number of carbonyl (C=O) groups excluding carboxylic acids is 2. The Morgan fingerprint density at radius 3 is 1.98 bits per heavy atom. The van der Waals surface area contributed by atoms with Gasteiger partial charge >= 0.3 is 12.1 Å². The van der Waals surface area contributed by atoms with E-state index >= 15 is 0 Å². The van der Waals surface area contributed by atoms with E-state index in [9.17, 15) is 18.0 Å². The van der Waals surface area contributed by atoms with Gasteiger partial charge in [0.15, 0.2) is 5.03 Å². The second-order valence-electron chi connectivity index (χ2n) is 15.9. The van der Waals surface area contributed by atoms with Crippen LogP contribution in [-0.4, -0.2) is 48.2 Å². The van der Waals surface area contributed by atoms with Gasteiger partial charge in [-0.3, -0.25) is 9.69 Å². The number of esters is 1. The lowest BCUT2D eigenvalue weighted by molar-refractivity contribution is -0.153. The number of hydrogen-bond donors (Lipinski definition) is 1. The van der Waals surface area contributed by atoms with E-state index in [2.05, 4.69) is 56.5 Å². The number of nitrogens with one attached hydrogen (secondary N) is 1. The number of pyridine rings is 2. The zero-order chi connectivity index (χ0) is 36.1. The summed E-state index contributed by atoms with van der Waals surface area (Å²) >= 11 is 0. The molecule has 0 aliphatic rings. The first kappa shape index (κ1) is 38.6. The molecule has 1 unspecified atom stereocenters. The normalized spacial score (nSPS) is 13.5. The molecule has 3 aromatic rings. The number of rotatable bonds is 11. The third-order valence-electron chi connectivity index (χ3n) is 7.07. The molecule has 0 aliphatic heterocycles. The fourth-order valence-corrected chi connectivity index (χ4v) is 6.72. The Labute approximate surface area is 286 Å². The fourth-order valence-electron chi connectivity index (χ4n) is 5.56. The minimum Gasteiger partial charge on any atom is -0.459 e. The smallest absolute Gasteiger partial charge is 0.416 e.